The molecule has 50 atom stereocenters. The van der Waals surface area contributed by atoms with Crippen molar-refractivity contribution in [2.45, 2.75) is 309 Å². The van der Waals surface area contributed by atoms with E-state index in [2.05, 4.69) is 96.9 Å². The van der Waals surface area contributed by atoms with Crippen molar-refractivity contribution in [1.82, 2.24) is 0 Å². The molecule has 0 amide bonds. The minimum Gasteiger partial charge on any atom is -0.0625 e. The van der Waals surface area contributed by atoms with Crippen LogP contribution < -0.4 is 0 Å². The maximum absolute atomic E-state index is 2.60. The zero-order valence-corrected chi connectivity index (χ0v) is 66.2. The normalized spacial score (nSPS) is 64.3. The maximum atomic E-state index is 2.60. The fraction of sp³-hybridized carbons (Fsp3) is 1.00. The first-order chi connectivity index (χ1) is 46.8. The van der Waals surface area contributed by atoms with Crippen LogP contribution in [0.3, 0.4) is 0 Å². The van der Waals surface area contributed by atoms with Crippen molar-refractivity contribution >= 4 is 0 Å². The highest BCUT2D eigenvalue weighted by Crippen LogP contribution is 2.81. The lowest BCUT2D eigenvalue weighted by atomic mass is 9.56. The van der Waals surface area contributed by atoms with Crippen LogP contribution in [0.5, 0.6) is 0 Å². The van der Waals surface area contributed by atoms with E-state index < -0.39 is 0 Å². The highest BCUT2D eigenvalue weighted by Gasteiger charge is 2.75. The summed E-state index contributed by atoms with van der Waals surface area (Å²) in [7, 11) is 0. The summed E-state index contributed by atoms with van der Waals surface area (Å²) in [5, 5.41) is 0. The van der Waals surface area contributed by atoms with Crippen LogP contribution in [0, 0.1) is 296 Å². The van der Waals surface area contributed by atoms with Gasteiger partial charge in [-0.3, -0.25) is 0 Å². The highest BCUT2D eigenvalue weighted by molar-refractivity contribution is 5.23. The molecule has 50 unspecified atom stereocenters. The average molecular weight is 1320 g/mol. The van der Waals surface area contributed by atoms with Gasteiger partial charge in [-0.2, -0.15) is 0 Å². The van der Waals surface area contributed by atoms with E-state index in [1.807, 2.05) is 0 Å². The van der Waals surface area contributed by atoms with E-state index in [4.69, 9.17) is 0 Å². The van der Waals surface area contributed by atoms with Gasteiger partial charge in [0.15, 0.2) is 0 Å². The fourth-order valence-corrected chi connectivity index (χ4v) is 39.5. The molecule has 20 bridgehead atoms. The van der Waals surface area contributed by atoms with Crippen LogP contribution in [0.2, 0.25) is 0 Å². The maximum Gasteiger partial charge on any atom is -0.0318 e. The van der Waals surface area contributed by atoms with E-state index in [0.717, 1.165) is 148 Å². The molecule has 0 aromatic rings. The van der Waals surface area contributed by atoms with Gasteiger partial charge in [0, 0.05) is 0 Å². The van der Waals surface area contributed by atoms with Gasteiger partial charge < -0.3 is 0 Å². The van der Waals surface area contributed by atoms with Crippen LogP contribution >= 0.6 is 0 Å². The second-order valence-corrected chi connectivity index (χ2v) is 46.8. The summed E-state index contributed by atoms with van der Waals surface area (Å²) < 4.78 is 0. The summed E-state index contributed by atoms with van der Waals surface area (Å²) in [5.74, 6) is 57.4. The molecule has 0 spiro atoms. The van der Waals surface area contributed by atoms with Crippen molar-refractivity contribution < 1.29 is 0 Å². The van der Waals surface area contributed by atoms with E-state index in [1.54, 1.807) is 128 Å². The number of hydrogen-bond donors (Lipinski definition) is 0. The summed E-state index contributed by atoms with van der Waals surface area (Å²) in [5.41, 5.74) is 0. The molecule has 0 heteroatoms. The molecule has 25 aliphatic carbocycles. The molecule has 97 heavy (non-hydrogen) atoms. The zero-order chi connectivity index (χ0) is 66.2. The second kappa shape index (κ2) is 25.9. The Balaban J connectivity index is 0.0000000816. The number of fused-ring (bicyclic) bond motifs is 52. The van der Waals surface area contributed by atoms with Crippen LogP contribution in [-0.2, 0) is 0 Å². The highest BCUT2D eigenvalue weighted by atomic mass is 14.8. The Hall–Kier alpha value is 0. The molecule has 0 saturated heterocycles. The Bertz CT molecular complexity index is 2630. The first-order valence-electron chi connectivity index (χ1n) is 46.8. The Morgan fingerprint density at radius 3 is 0.784 bits per heavy atom. The van der Waals surface area contributed by atoms with E-state index in [9.17, 15) is 0 Å². The summed E-state index contributed by atoms with van der Waals surface area (Å²) in [4.78, 5) is 0. The predicted molar refractivity (Wildman–Crippen MR) is 406 cm³/mol. The minimum atomic E-state index is 1.01. The van der Waals surface area contributed by atoms with E-state index in [1.165, 1.54) is 231 Å². The molecule has 25 fully saturated rings. The lowest BCUT2D eigenvalue weighted by Gasteiger charge is -2.49. The molecule has 0 aliphatic heterocycles. The van der Waals surface area contributed by atoms with Gasteiger partial charge >= 0.3 is 0 Å². The van der Waals surface area contributed by atoms with Crippen LogP contribution in [0.1, 0.15) is 309 Å². The Morgan fingerprint density at radius 2 is 0.402 bits per heavy atom. The molecule has 25 aliphatic rings. The molecule has 25 rings (SSSR count). The summed E-state index contributed by atoms with van der Waals surface area (Å²) >= 11 is 0. The van der Waals surface area contributed by atoms with Crippen LogP contribution in [-0.4, -0.2) is 0 Å². The Labute approximate surface area is 601 Å². The van der Waals surface area contributed by atoms with Crippen molar-refractivity contribution in [3.8, 4) is 0 Å². The molecule has 0 aromatic heterocycles. The van der Waals surface area contributed by atoms with Crippen molar-refractivity contribution in [2.75, 3.05) is 0 Å². The van der Waals surface area contributed by atoms with E-state index in [-0.39, 0.29) is 0 Å². The standard InChI is InChI=1S/C22H32.C19H28.C14H22.C12H20.C12H22.C9H16.C9H18/c1-9-3-13-14(4-9)16-7-15(13)21-17-8-18(22(16)21)20-12-6-11(19(17)20)5-10(12)2;1-8-3-10-5-12(8)18-14-7-15(16(10)18)19-13-6-11(17(14)19)4-9(13)2;1-7-3-9-5-11(7)13-10-4-8(2)12(6-10)14(9)13;1-7-3-11-9-5-8(2)10(6-9)12(11)4-7;1-9-3-5-12-8-10(2)4-6-11(12)7-9;1-6-3-9-5-8(6)4-7(9)2;1-8-4-3-5-9(2)7-6-8/h9-22H,3-8H2,1-2H3;8-19H,3-7H2,1-2H3;7-14H,3-6H2,1-2H3;7-12H,3-6H2,1-2H3;9-12H,3-8H2,1-2H3;6-9H,3-5H2,1-2H3;8-9H,3-7H2,1-2H3. The van der Waals surface area contributed by atoms with Crippen molar-refractivity contribution in [3.05, 3.63) is 0 Å². The summed E-state index contributed by atoms with van der Waals surface area (Å²) in [6.45, 7) is 34.8. The molecule has 0 N–H and O–H groups in total. The molecule has 25 saturated carbocycles. The van der Waals surface area contributed by atoms with E-state index >= 15 is 0 Å². The van der Waals surface area contributed by atoms with Gasteiger partial charge in [0.1, 0.15) is 0 Å². The topological polar surface area (TPSA) is 0 Å². The van der Waals surface area contributed by atoms with Crippen molar-refractivity contribution in [1.29, 1.82) is 0 Å². The van der Waals surface area contributed by atoms with Gasteiger partial charge in [-0.1, -0.05) is 142 Å². The molecular formula is C97H158. The average Bonchev–Trinajstić information content (AvgIpc) is 1.51. The Morgan fingerprint density at radius 1 is 0.124 bits per heavy atom. The molecule has 546 valence electrons. The summed E-state index contributed by atoms with van der Waals surface area (Å²) in [6, 6.07) is 0. The van der Waals surface area contributed by atoms with Gasteiger partial charge in [0.05, 0.1) is 0 Å². The molecule has 0 radical (unpaired) electrons. The smallest absolute Gasteiger partial charge is 0.0318 e. The third kappa shape index (κ3) is 11.1. The first-order valence-corrected chi connectivity index (χ1v) is 46.8. The zero-order valence-electron chi connectivity index (χ0n) is 66.2. The molecule has 0 aromatic carbocycles. The molecule has 0 nitrogen and oxygen atoms in total. The van der Waals surface area contributed by atoms with Crippen molar-refractivity contribution in [3.63, 3.8) is 0 Å². The van der Waals surface area contributed by atoms with Gasteiger partial charge in [-0.25, -0.2) is 0 Å². The lowest BCUT2D eigenvalue weighted by Crippen LogP contribution is -2.45. The number of hydrogen-bond acceptors (Lipinski definition) is 0. The minimum absolute atomic E-state index is 1.01. The monoisotopic (exact) mass is 1320 g/mol. The predicted octanol–water partition coefficient (Wildman–Crippen LogP) is 26.2. The fourth-order valence-electron chi connectivity index (χ4n) is 39.5. The van der Waals surface area contributed by atoms with Crippen LogP contribution in [0.15, 0.2) is 0 Å². The van der Waals surface area contributed by atoms with Gasteiger partial charge in [0.2, 0.25) is 0 Å². The van der Waals surface area contributed by atoms with Crippen LogP contribution in [0.25, 0.3) is 0 Å². The second-order valence-electron chi connectivity index (χ2n) is 46.8. The Kier molecular flexibility index (Phi) is 18.0. The molecular weight excluding hydrogens is 1170 g/mol. The third-order valence-electron chi connectivity index (χ3n) is 42.2. The lowest BCUT2D eigenvalue weighted by molar-refractivity contribution is -0.0165. The first kappa shape index (κ1) is 67.6. The number of rotatable bonds is 0. The largest absolute Gasteiger partial charge is 0.0625 e. The van der Waals surface area contributed by atoms with Crippen molar-refractivity contribution in [2.24, 2.45) is 296 Å². The van der Waals surface area contributed by atoms with Crippen LogP contribution in [0.4, 0.5) is 0 Å². The van der Waals surface area contributed by atoms with Gasteiger partial charge in [0.25, 0.3) is 0 Å². The SMILES string of the molecule is CC1CC2C(C1)C1CC2C2C3CC(C4C5CC(CC5C)C34)C12.CC1CC2C3CC(C)C(C3)C2C1.CC1CC2CC1C1C3CC(C)C(C3)C21.CC1CC2CC1C1C3CC(C21)C1C2CC(CC2C)C31.CC1CC2CC1CC2C.CC1CCC2CC(C)CCC2C1.CC1CCCC(C)CC1. The molecule has 0 heterocycles. The van der Waals surface area contributed by atoms with Gasteiger partial charge in [-0.15, -0.1) is 0 Å². The van der Waals surface area contributed by atoms with E-state index in [0.29, 0.717) is 0 Å². The third-order valence-corrected chi connectivity index (χ3v) is 42.2. The summed E-state index contributed by atoms with van der Waals surface area (Å²) in [6.07, 6.45) is 52.0. The quantitative estimate of drug-likeness (QED) is 0.168. The van der Waals surface area contributed by atoms with Gasteiger partial charge in [-0.05, 0) is 463 Å².